The Morgan fingerprint density at radius 2 is 1.64 bits per heavy atom. The van der Waals surface area contributed by atoms with Crippen LogP contribution in [-0.4, -0.2) is 79.4 Å². The lowest BCUT2D eigenvalue weighted by molar-refractivity contribution is -0.384. The molecule has 1 fully saturated rings. The normalized spacial score (nSPS) is 14.6. The fourth-order valence-electron chi connectivity index (χ4n) is 5.42. The maximum absolute atomic E-state index is 13.2. The first-order chi connectivity index (χ1) is 21.2. The van der Waals surface area contributed by atoms with Gasteiger partial charge in [-0.25, -0.2) is 17.5 Å². The largest absolute Gasteiger partial charge is 0.445 e. The van der Waals surface area contributed by atoms with Crippen molar-refractivity contribution in [3.8, 4) is 6.07 Å². The summed E-state index contributed by atoms with van der Waals surface area (Å²) < 4.78 is 33.3. The van der Waals surface area contributed by atoms with Gasteiger partial charge in [-0.3, -0.25) is 15.0 Å². The Hall–Kier alpha value is -4.02. The zero-order valence-electron chi connectivity index (χ0n) is 25.1. The van der Waals surface area contributed by atoms with Crippen molar-refractivity contribution >= 4 is 34.2 Å². The Kier molecular flexibility index (Phi) is 13.3. The molecule has 1 amide bonds. The quantitative estimate of drug-likeness (QED) is 0.135. The maximum atomic E-state index is 13.2. The van der Waals surface area contributed by atoms with Crippen LogP contribution in [0.2, 0.25) is 0 Å². The van der Waals surface area contributed by atoms with E-state index in [1.54, 1.807) is 37.4 Å². The first-order valence-electron chi connectivity index (χ1n) is 14.5. The Labute approximate surface area is 270 Å². The number of benzene rings is 3. The highest BCUT2D eigenvalue weighted by atomic mass is 35.5. The molecule has 3 aromatic carbocycles. The molecule has 0 radical (unpaired) electrons. The second-order valence-corrected chi connectivity index (χ2v) is 12.9. The highest BCUT2D eigenvalue weighted by Gasteiger charge is 2.30. The summed E-state index contributed by atoms with van der Waals surface area (Å²) in [6.45, 7) is 2.40. The molecule has 1 heterocycles. The number of non-ortho nitro benzene ring substituents is 1. The zero-order valence-corrected chi connectivity index (χ0v) is 26.7. The fourth-order valence-corrected chi connectivity index (χ4v) is 6.66. The standard InChI is InChI=1S/C32H37N5O6S.ClH/c1-34(44(41,42)31-10-6-3-7-11-31)24-28(27-8-4-2-5-9-27)16-20-35-21-17-29(18-22-35)36(23-19-33)32(38)43-25-26-12-14-30(15-13-26)37(39)40;/h2-15,28-29H,16-18,20-25H2,1H3;1H. The number of sulfonamides is 1. The number of hydrogen-bond acceptors (Lipinski definition) is 8. The van der Waals surface area contributed by atoms with Crippen LogP contribution in [0.25, 0.3) is 0 Å². The topological polar surface area (TPSA) is 137 Å². The highest BCUT2D eigenvalue weighted by molar-refractivity contribution is 7.89. The van der Waals surface area contributed by atoms with Gasteiger partial charge >= 0.3 is 6.09 Å². The predicted octanol–water partition coefficient (Wildman–Crippen LogP) is 5.44. The monoisotopic (exact) mass is 655 g/mol. The van der Waals surface area contributed by atoms with Crippen LogP contribution in [0.15, 0.2) is 89.8 Å². The SMILES string of the molecule is CN(CC(CCN1CCC(N(CC#N)C(=O)OCc2ccc([N+](=O)[O-])cc2)CC1)c1ccccc1)S(=O)(=O)c1ccccc1.Cl. The van der Waals surface area contributed by atoms with Gasteiger partial charge in [-0.2, -0.15) is 5.26 Å². The molecule has 0 spiro atoms. The molecule has 1 unspecified atom stereocenters. The van der Waals surface area contributed by atoms with E-state index in [0.717, 1.165) is 31.6 Å². The van der Waals surface area contributed by atoms with E-state index >= 15 is 0 Å². The van der Waals surface area contributed by atoms with Crippen LogP contribution >= 0.6 is 12.4 Å². The maximum Gasteiger partial charge on any atom is 0.411 e. The van der Waals surface area contributed by atoms with Gasteiger partial charge < -0.3 is 9.64 Å². The molecule has 1 atom stereocenters. The number of rotatable bonds is 13. The molecular formula is C32H38ClN5O6S. The molecule has 0 aromatic heterocycles. The summed E-state index contributed by atoms with van der Waals surface area (Å²) in [6, 6.07) is 26.1. The first kappa shape index (κ1) is 35.5. The van der Waals surface area contributed by atoms with E-state index in [-0.39, 0.29) is 48.1 Å². The molecule has 45 heavy (non-hydrogen) atoms. The molecule has 11 nitrogen and oxygen atoms in total. The van der Waals surface area contributed by atoms with Gasteiger partial charge in [0.2, 0.25) is 10.0 Å². The van der Waals surface area contributed by atoms with Crippen molar-refractivity contribution in [3.05, 3.63) is 106 Å². The van der Waals surface area contributed by atoms with E-state index in [4.69, 9.17) is 4.74 Å². The van der Waals surface area contributed by atoms with Crippen molar-refractivity contribution in [1.29, 1.82) is 5.26 Å². The van der Waals surface area contributed by atoms with Crippen LogP contribution in [-0.2, 0) is 21.4 Å². The molecule has 1 saturated heterocycles. The van der Waals surface area contributed by atoms with Crippen LogP contribution in [0.3, 0.4) is 0 Å². The molecule has 1 aliphatic rings. The summed E-state index contributed by atoms with van der Waals surface area (Å²) in [6.07, 6.45) is 1.51. The van der Waals surface area contributed by atoms with Crippen molar-refractivity contribution in [2.45, 2.75) is 42.7 Å². The zero-order chi connectivity index (χ0) is 31.5. The summed E-state index contributed by atoms with van der Waals surface area (Å²) in [7, 11) is -2.01. The van der Waals surface area contributed by atoms with Gasteiger partial charge in [-0.05, 0) is 67.1 Å². The van der Waals surface area contributed by atoms with E-state index < -0.39 is 21.0 Å². The first-order valence-corrected chi connectivity index (χ1v) is 16.0. The van der Waals surface area contributed by atoms with Gasteiger partial charge in [0.05, 0.1) is 15.9 Å². The number of likely N-dealkylation sites (tertiary alicyclic amines) is 1. The average molecular weight is 656 g/mol. The second kappa shape index (κ2) is 16.9. The minimum atomic E-state index is -3.63. The van der Waals surface area contributed by atoms with Crippen molar-refractivity contribution in [2.75, 3.05) is 39.8 Å². The fraction of sp³-hybridized carbons (Fsp3) is 0.375. The lowest BCUT2D eigenvalue weighted by atomic mass is 9.94. The summed E-state index contributed by atoms with van der Waals surface area (Å²) in [4.78, 5) is 27.3. The summed E-state index contributed by atoms with van der Waals surface area (Å²) in [5.74, 6) is -0.0121. The number of nitrogens with zero attached hydrogens (tertiary/aromatic N) is 5. The Balaban J connectivity index is 0.00000552. The van der Waals surface area contributed by atoms with Crippen LogP contribution in [0.5, 0.6) is 0 Å². The number of likely N-dealkylation sites (N-methyl/N-ethyl adjacent to an activating group) is 1. The lowest BCUT2D eigenvalue weighted by Gasteiger charge is -2.37. The molecule has 0 bridgehead atoms. The molecule has 240 valence electrons. The molecule has 13 heteroatoms. The molecule has 3 aromatic rings. The van der Waals surface area contributed by atoms with E-state index in [1.165, 1.54) is 33.5 Å². The summed E-state index contributed by atoms with van der Waals surface area (Å²) in [5, 5.41) is 20.2. The van der Waals surface area contributed by atoms with Crippen LogP contribution in [0.1, 0.15) is 36.3 Å². The number of carbonyl (C=O) groups is 1. The third-order valence-electron chi connectivity index (χ3n) is 7.98. The molecule has 0 aliphatic carbocycles. The number of halogens is 1. The van der Waals surface area contributed by atoms with Crippen molar-refractivity contribution in [1.82, 2.24) is 14.1 Å². The van der Waals surface area contributed by atoms with Gasteiger partial charge in [-0.1, -0.05) is 48.5 Å². The van der Waals surface area contributed by atoms with Crippen molar-refractivity contribution in [3.63, 3.8) is 0 Å². The van der Waals surface area contributed by atoms with Crippen LogP contribution in [0, 0.1) is 21.4 Å². The number of carbonyl (C=O) groups excluding carboxylic acids is 1. The van der Waals surface area contributed by atoms with Crippen LogP contribution in [0.4, 0.5) is 10.5 Å². The number of nitriles is 1. The molecule has 4 rings (SSSR count). The lowest BCUT2D eigenvalue weighted by Crippen LogP contribution is -2.48. The molecular weight excluding hydrogens is 618 g/mol. The third-order valence-corrected chi connectivity index (χ3v) is 9.81. The minimum Gasteiger partial charge on any atom is -0.445 e. The van der Waals surface area contributed by atoms with E-state index in [0.29, 0.717) is 24.9 Å². The molecule has 0 saturated carbocycles. The minimum absolute atomic E-state index is 0. The van der Waals surface area contributed by atoms with Gasteiger partial charge in [-0.15, -0.1) is 12.4 Å². The van der Waals surface area contributed by atoms with E-state index in [2.05, 4.69) is 11.0 Å². The van der Waals surface area contributed by atoms with Gasteiger partial charge in [0, 0.05) is 44.9 Å². The Morgan fingerprint density at radius 3 is 2.22 bits per heavy atom. The molecule has 1 aliphatic heterocycles. The van der Waals surface area contributed by atoms with Gasteiger partial charge in [0.25, 0.3) is 5.69 Å². The number of nitro groups is 1. The smallest absolute Gasteiger partial charge is 0.411 e. The second-order valence-electron chi connectivity index (χ2n) is 10.8. The summed E-state index contributed by atoms with van der Waals surface area (Å²) in [5.41, 5.74) is 1.65. The van der Waals surface area contributed by atoms with Crippen LogP contribution < -0.4 is 0 Å². The summed E-state index contributed by atoms with van der Waals surface area (Å²) >= 11 is 0. The highest BCUT2D eigenvalue weighted by Crippen LogP contribution is 2.26. The van der Waals surface area contributed by atoms with Gasteiger partial charge in [0.15, 0.2) is 0 Å². The van der Waals surface area contributed by atoms with E-state index in [1.807, 2.05) is 30.3 Å². The third kappa shape index (κ3) is 9.73. The van der Waals surface area contributed by atoms with E-state index in [9.17, 15) is 28.6 Å². The Morgan fingerprint density at radius 1 is 1.04 bits per heavy atom. The van der Waals surface area contributed by atoms with Gasteiger partial charge in [0.1, 0.15) is 13.2 Å². The predicted molar refractivity (Wildman–Crippen MR) is 172 cm³/mol. The number of hydrogen-bond donors (Lipinski definition) is 0. The Bertz CT molecular complexity index is 1530. The van der Waals surface area contributed by atoms with Crippen molar-refractivity contribution in [2.24, 2.45) is 0 Å². The number of ether oxygens (including phenoxy) is 1. The number of nitro benzene ring substituents is 1. The van der Waals surface area contributed by atoms with Crippen molar-refractivity contribution < 1.29 is 22.9 Å². The molecule has 0 N–H and O–H groups in total. The number of piperidine rings is 1. The average Bonchev–Trinajstić information content (AvgIpc) is 3.05. The number of amides is 1.